The van der Waals surface area contributed by atoms with Gasteiger partial charge < -0.3 is 4.90 Å². The van der Waals surface area contributed by atoms with Crippen molar-refractivity contribution in [3.05, 3.63) is 28.3 Å². The molecule has 1 aromatic carbocycles. The minimum absolute atomic E-state index is 0.170. The number of primary sulfonamides is 1. The van der Waals surface area contributed by atoms with Gasteiger partial charge in [0.25, 0.3) is 5.69 Å². The van der Waals surface area contributed by atoms with Crippen molar-refractivity contribution in [2.24, 2.45) is 17.0 Å². The largest absolute Gasteiger partial charge is 0.370 e. The van der Waals surface area contributed by atoms with E-state index in [2.05, 4.69) is 13.8 Å². The van der Waals surface area contributed by atoms with Gasteiger partial charge in [0.15, 0.2) is 0 Å². The summed E-state index contributed by atoms with van der Waals surface area (Å²) in [6.45, 7) is 5.82. The van der Waals surface area contributed by atoms with Gasteiger partial charge in [0.2, 0.25) is 10.0 Å². The Morgan fingerprint density at radius 3 is 2.57 bits per heavy atom. The fourth-order valence-electron chi connectivity index (χ4n) is 3.45. The fourth-order valence-corrected chi connectivity index (χ4v) is 4.23. The topological polar surface area (TPSA) is 107 Å². The number of nitro groups is 1. The Labute approximate surface area is 136 Å². The second-order valence-electron chi connectivity index (χ2n) is 6.03. The summed E-state index contributed by atoms with van der Waals surface area (Å²) in [5.41, 5.74) is 0.195. The smallest absolute Gasteiger partial charge is 0.270 e. The summed E-state index contributed by atoms with van der Waals surface area (Å²) in [4.78, 5) is 12.1. The van der Waals surface area contributed by atoms with Gasteiger partial charge in [0.05, 0.1) is 10.6 Å². The first-order chi connectivity index (χ1) is 10.8. The van der Waals surface area contributed by atoms with E-state index in [1.54, 1.807) is 0 Å². The minimum Gasteiger partial charge on any atom is -0.370 e. The van der Waals surface area contributed by atoms with Gasteiger partial charge in [-0.15, -0.1) is 0 Å². The molecule has 0 radical (unpaired) electrons. The molecule has 1 fully saturated rings. The van der Waals surface area contributed by atoms with Crippen molar-refractivity contribution in [1.29, 1.82) is 0 Å². The number of nitrogens with zero attached hydrogens (tertiary/aromatic N) is 2. The first-order valence-electron chi connectivity index (χ1n) is 7.84. The van der Waals surface area contributed by atoms with Gasteiger partial charge in [0.1, 0.15) is 4.90 Å². The molecule has 0 spiro atoms. The summed E-state index contributed by atoms with van der Waals surface area (Å²) in [7, 11) is -4.02. The van der Waals surface area contributed by atoms with Crippen molar-refractivity contribution in [2.45, 2.75) is 38.0 Å². The molecule has 0 amide bonds. The second-order valence-corrected chi connectivity index (χ2v) is 7.56. The third-order valence-electron chi connectivity index (χ3n) is 4.74. The average Bonchev–Trinajstić information content (AvgIpc) is 2.96. The first-order valence-corrected chi connectivity index (χ1v) is 9.38. The summed E-state index contributed by atoms with van der Waals surface area (Å²) in [5.74, 6) is 1.12. The summed E-state index contributed by atoms with van der Waals surface area (Å²) >= 11 is 0. The highest BCUT2D eigenvalue weighted by Crippen LogP contribution is 2.35. The van der Waals surface area contributed by atoms with Crippen molar-refractivity contribution in [2.75, 3.05) is 18.0 Å². The van der Waals surface area contributed by atoms with Crippen molar-refractivity contribution in [1.82, 2.24) is 0 Å². The van der Waals surface area contributed by atoms with E-state index in [1.807, 2.05) is 4.90 Å². The predicted molar refractivity (Wildman–Crippen MR) is 88.9 cm³/mol. The van der Waals surface area contributed by atoms with Gasteiger partial charge in [-0.3, -0.25) is 10.1 Å². The van der Waals surface area contributed by atoms with Gasteiger partial charge in [-0.1, -0.05) is 26.7 Å². The zero-order chi connectivity index (χ0) is 17.2. The number of hydrogen-bond acceptors (Lipinski definition) is 5. The Bertz CT molecular complexity index is 686. The van der Waals surface area contributed by atoms with Crippen LogP contribution < -0.4 is 10.0 Å². The van der Waals surface area contributed by atoms with Gasteiger partial charge in [-0.05, 0) is 24.3 Å². The molecule has 0 saturated carbocycles. The van der Waals surface area contributed by atoms with E-state index in [-0.39, 0.29) is 10.6 Å². The summed E-state index contributed by atoms with van der Waals surface area (Å²) < 4.78 is 23.7. The fraction of sp³-hybridized carbons (Fsp3) is 0.600. The maximum Gasteiger partial charge on any atom is 0.270 e. The molecule has 1 aromatic rings. The molecule has 2 rings (SSSR count). The Kier molecular flexibility index (Phi) is 5.26. The highest BCUT2D eigenvalue weighted by Gasteiger charge is 2.31. The van der Waals surface area contributed by atoms with Crippen LogP contribution in [0.4, 0.5) is 11.4 Å². The van der Waals surface area contributed by atoms with Crippen LogP contribution in [-0.4, -0.2) is 26.4 Å². The molecule has 1 unspecified atom stereocenters. The SMILES string of the molecule is CCC(CC)C1CCN(c2ccc([N+](=O)[O-])cc2S(N)(=O)=O)C1. The van der Waals surface area contributed by atoms with Crippen molar-refractivity contribution in [3.63, 3.8) is 0 Å². The average molecular weight is 341 g/mol. The molecule has 8 heteroatoms. The lowest BCUT2D eigenvalue weighted by Crippen LogP contribution is -2.25. The van der Waals surface area contributed by atoms with Gasteiger partial charge in [0, 0.05) is 25.2 Å². The van der Waals surface area contributed by atoms with Crippen molar-refractivity contribution in [3.8, 4) is 0 Å². The third kappa shape index (κ3) is 3.81. The first kappa shape index (κ1) is 17.7. The maximum atomic E-state index is 11.8. The summed E-state index contributed by atoms with van der Waals surface area (Å²) in [5, 5.41) is 16.2. The molecule has 1 saturated heterocycles. The quantitative estimate of drug-likeness (QED) is 0.632. The van der Waals surface area contributed by atoms with Crippen LogP contribution in [0.25, 0.3) is 0 Å². The lowest BCUT2D eigenvalue weighted by Gasteiger charge is -2.24. The number of rotatable bonds is 6. The molecule has 1 aliphatic heterocycles. The van der Waals surface area contributed by atoms with E-state index in [0.29, 0.717) is 17.5 Å². The lowest BCUT2D eigenvalue weighted by molar-refractivity contribution is -0.385. The highest BCUT2D eigenvalue weighted by atomic mass is 32.2. The molecule has 0 aromatic heterocycles. The van der Waals surface area contributed by atoms with E-state index in [1.165, 1.54) is 12.1 Å². The lowest BCUT2D eigenvalue weighted by atomic mass is 9.87. The van der Waals surface area contributed by atoms with Crippen molar-refractivity contribution < 1.29 is 13.3 Å². The normalized spacial score (nSPS) is 18.6. The van der Waals surface area contributed by atoms with Crippen LogP contribution in [-0.2, 0) is 10.0 Å². The monoisotopic (exact) mass is 341 g/mol. The molecular formula is C15H23N3O4S. The third-order valence-corrected chi connectivity index (χ3v) is 5.68. The standard InChI is InChI=1S/C15H23N3O4S/c1-3-11(4-2)12-7-8-17(10-12)14-6-5-13(18(19)20)9-15(14)23(16,21)22/h5-6,9,11-12H,3-4,7-8,10H2,1-2H3,(H2,16,21,22). The molecule has 0 bridgehead atoms. The molecule has 1 heterocycles. The maximum absolute atomic E-state index is 11.8. The number of nitrogens with two attached hydrogens (primary N) is 1. The zero-order valence-corrected chi connectivity index (χ0v) is 14.3. The van der Waals surface area contributed by atoms with Gasteiger partial charge >= 0.3 is 0 Å². The van der Waals surface area contributed by atoms with Gasteiger partial charge in [-0.2, -0.15) is 0 Å². The Balaban J connectivity index is 2.35. The molecule has 0 aliphatic carbocycles. The van der Waals surface area contributed by atoms with Crippen LogP contribution in [0.1, 0.15) is 33.1 Å². The second kappa shape index (κ2) is 6.84. The Morgan fingerprint density at radius 2 is 2.04 bits per heavy atom. The number of nitro benzene ring substituents is 1. The Morgan fingerprint density at radius 1 is 1.39 bits per heavy atom. The number of anilines is 1. The van der Waals surface area contributed by atoms with Crippen LogP contribution in [0.15, 0.2) is 23.1 Å². The molecule has 2 N–H and O–H groups in total. The van der Waals surface area contributed by atoms with E-state index in [0.717, 1.165) is 38.4 Å². The van der Waals surface area contributed by atoms with Crippen LogP contribution in [0.3, 0.4) is 0 Å². The molecule has 1 aliphatic rings. The van der Waals surface area contributed by atoms with Gasteiger partial charge in [-0.25, -0.2) is 13.6 Å². The Hall–Kier alpha value is -1.67. The molecule has 128 valence electrons. The number of sulfonamides is 1. The number of benzene rings is 1. The van der Waals surface area contributed by atoms with E-state index >= 15 is 0 Å². The van der Waals surface area contributed by atoms with Crippen LogP contribution in [0, 0.1) is 22.0 Å². The summed E-state index contributed by atoms with van der Waals surface area (Å²) in [6, 6.07) is 3.87. The molecule has 1 atom stereocenters. The molecule has 7 nitrogen and oxygen atoms in total. The van der Waals surface area contributed by atoms with Crippen LogP contribution in [0.5, 0.6) is 0 Å². The highest BCUT2D eigenvalue weighted by molar-refractivity contribution is 7.89. The number of hydrogen-bond donors (Lipinski definition) is 1. The zero-order valence-electron chi connectivity index (χ0n) is 13.4. The summed E-state index contributed by atoms with van der Waals surface area (Å²) in [6.07, 6.45) is 3.18. The van der Waals surface area contributed by atoms with E-state index < -0.39 is 14.9 Å². The van der Waals surface area contributed by atoms with E-state index in [4.69, 9.17) is 5.14 Å². The van der Waals surface area contributed by atoms with Crippen LogP contribution in [0.2, 0.25) is 0 Å². The minimum atomic E-state index is -4.02. The molecular weight excluding hydrogens is 318 g/mol. The van der Waals surface area contributed by atoms with Crippen LogP contribution >= 0.6 is 0 Å². The number of non-ortho nitro benzene ring substituents is 1. The predicted octanol–water partition coefficient (Wildman–Crippen LogP) is 2.50. The van der Waals surface area contributed by atoms with Crippen molar-refractivity contribution >= 4 is 21.4 Å². The van der Waals surface area contributed by atoms with E-state index in [9.17, 15) is 18.5 Å². The molecule has 23 heavy (non-hydrogen) atoms.